The lowest BCUT2D eigenvalue weighted by atomic mass is 10.0. The van der Waals surface area contributed by atoms with Crippen LogP contribution in [0.4, 0.5) is 0 Å². The van der Waals surface area contributed by atoms with Gasteiger partial charge in [-0.3, -0.25) is 4.79 Å². The molecule has 4 N–H and O–H groups in total. The second-order valence-corrected chi connectivity index (χ2v) is 3.36. The van der Waals surface area contributed by atoms with Gasteiger partial charge in [0.25, 0.3) is 0 Å². The molecule has 1 aromatic carbocycles. The van der Waals surface area contributed by atoms with Gasteiger partial charge in [-0.1, -0.05) is 42.5 Å². The quantitative estimate of drug-likeness (QED) is 0.506. The number of ketones is 1. The van der Waals surface area contributed by atoms with Gasteiger partial charge in [0.1, 0.15) is 0 Å². The lowest BCUT2D eigenvalue weighted by Crippen LogP contribution is -2.41. The van der Waals surface area contributed by atoms with Crippen LogP contribution >= 0.6 is 12.2 Å². The third-order valence-corrected chi connectivity index (χ3v) is 2.21. The van der Waals surface area contributed by atoms with Crippen molar-refractivity contribution in [3.05, 3.63) is 35.9 Å². The summed E-state index contributed by atoms with van der Waals surface area (Å²) in [7, 11) is 1.63. The van der Waals surface area contributed by atoms with Gasteiger partial charge in [-0.05, 0) is 5.56 Å². The molecular formula is C10H13N3OS. The molecule has 0 fully saturated rings. The highest BCUT2D eigenvalue weighted by Gasteiger charge is 2.19. The number of carbonyl (C=O) groups is 1. The van der Waals surface area contributed by atoms with Gasteiger partial charge in [0, 0.05) is 7.05 Å². The zero-order chi connectivity index (χ0) is 11.3. The Hall–Kier alpha value is -1.30. The zero-order valence-corrected chi connectivity index (χ0v) is 9.17. The van der Waals surface area contributed by atoms with Crippen molar-refractivity contribution in [1.82, 2.24) is 10.9 Å². The number of thiocarbonyl (C=S) groups is 1. The molecule has 0 aliphatic carbocycles. The van der Waals surface area contributed by atoms with E-state index in [2.05, 4.69) is 10.9 Å². The van der Waals surface area contributed by atoms with Gasteiger partial charge in [-0.2, -0.15) is 0 Å². The van der Waals surface area contributed by atoms with Crippen molar-refractivity contribution >= 4 is 23.0 Å². The maximum atomic E-state index is 11.7. The van der Waals surface area contributed by atoms with Gasteiger partial charge in [-0.15, -0.1) is 0 Å². The summed E-state index contributed by atoms with van der Waals surface area (Å²) in [5, 5.41) is 0. The number of hydrazine groups is 1. The summed E-state index contributed by atoms with van der Waals surface area (Å²) in [6.07, 6.45) is 0. The van der Waals surface area contributed by atoms with Crippen LogP contribution in [-0.2, 0) is 4.79 Å². The molecule has 0 bridgehead atoms. The van der Waals surface area contributed by atoms with Crippen molar-refractivity contribution < 1.29 is 4.79 Å². The van der Waals surface area contributed by atoms with Gasteiger partial charge >= 0.3 is 0 Å². The van der Waals surface area contributed by atoms with Crippen LogP contribution in [-0.4, -0.2) is 17.8 Å². The highest BCUT2D eigenvalue weighted by Crippen LogP contribution is 2.10. The summed E-state index contributed by atoms with van der Waals surface area (Å²) in [6, 6.07) is 8.41. The van der Waals surface area contributed by atoms with Gasteiger partial charge in [0.15, 0.2) is 4.99 Å². The van der Waals surface area contributed by atoms with E-state index in [0.717, 1.165) is 5.56 Å². The smallest absolute Gasteiger partial charge is 0.212 e. The van der Waals surface area contributed by atoms with E-state index in [1.807, 2.05) is 18.2 Å². The summed E-state index contributed by atoms with van der Waals surface area (Å²) < 4.78 is 0. The second kappa shape index (κ2) is 5.55. The Bertz CT molecular complexity index is 353. The number of Topliss-reactive ketones (excluding diaryl/α,β-unsaturated/α-hetero) is 1. The predicted octanol–water partition coefficient (Wildman–Crippen LogP) is 0.307. The van der Waals surface area contributed by atoms with E-state index in [1.54, 1.807) is 19.2 Å². The molecule has 0 radical (unpaired) electrons. The van der Waals surface area contributed by atoms with E-state index >= 15 is 0 Å². The van der Waals surface area contributed by atoms with Crippen LogP contribution in [0.15, 0.2) is 30.3 Å². The fourth-order valence-electron chi connectivity index (χ4n) is 1.13. The highest BCUT2D eigenvalue weighted by molar-refractivity contribution is 7.82. The first-order valence-corrected chi connectivity index (χ1v) is 4.89. The van der Waals surface area contributed by atoms with Crippen LogP contribution in [0.25, 0.3) is 0 Å². The Morgan fingerprint density at radius 3 is 2.53 bits per heavy atom. The van der Waals surface area contributed by atoms with E-state index < -0.39 is 6.04 Å². The molecule has 0 aliphatic heterocycles. The Morgan fingerprint density at radius 1 is 1.40 bits per heavy atom. The Morgan fingerprint density at radius 2 is 2.00 bits per heavy atom. The van der Waals surface area contributed by atoms with Gasteiger partial charge in [0.2, 0.25) is 5.78 Å². The Labute approximate surface area is 93.8 Å². The lowest BCUT2D eigenvalue weighted by molar-refractivity contribution is -0.114. The van der Waals surface area contributed by atoms with Crippen LogP contribution < -0.4 is 16.6 Å². The summed E-state index contributed by atoms with van der Waals surface area (Å²) in [6.45, 7) is 0. The number of nitrogens with one attached hydrogen (secondary N) is 2. The second-order valence-electron chi connectivity index (χ2n) is 2.96. The molecule has 80 valence electrons. The molecule has 0 aromatic heterocycles. The van der Waals surface area contributed by atoms with Crippen molar-refractivity contribution in [3.8, 4) is 0 Å². The maximum absolute atomic E-state index is 11.7. The molecule has 0 saturated carbocycles. The molecule has 0 amide bonds. The minimum Gasteiger partial charge on any atom is -0.317 e. The molecule has 0 saturated heterocycles. The molecule has 1 rings (SSSR count). The van der Waals surface area contributed by atoms with Crippen LogP contribution in [0.2, 0.25) is 0 Å². The number of carbonyl (C=O) groups excluding carboxylic acids is 1. The van der Waals surface area contributed by atoms with Crippen LogP contribution in [0.3, 0.4) is 0 Å². The van der Waals surface area contributed by atoms with Crippen molar-refractivity contribution in [2.75, 3.05) is 7.05 Å². The average molecular weight is 223 g/mol. The number of nitrogens with two attached hydrogens (primary N) is 1. The normalized spacial score (nSPS) is 11.9. The van der Waals surface area contributed by atoms with E-state index in [1.165, 1.54) is 0 Å². The first-order chi connectivity index (χ1) is 7.16. The Balaban J connectivity index is 2.73. The molecule has 0 spiro atoms. The van der Waals surface area contributed by atoms with Gasteiger partial charge in [-0.25, -0.2) is 5.43 Å². The summed E-state index contributed by atoms with van der Waals surface area (Å²) >= 11 is 4.85. The molecular weight excluding hydrogens is 210 g/mol. The van der Waals surface area contributed by atoms with Crippen molar-refractivity contribution in [2.45, 2.75) is 6.04 Å². The molecule has 1 unspecified atom stereocenters. The standard InChI is InChI=1S/C10H13N3OS/c1-12-13-10(15)9(14)8(11)7-5-3-2-4-6-7/h2-6,8,12H,11H2,1H3,(H,13,15). The SMILES string of the molecule is CNNC(=S)C(=O)C(N)c1ccccc1. The minimum atomic E-state index is -0.709. The first kappa shape index (κ1) is 11.8. The van der Waals surface area contributed by atoms with Gasteiger partial charge < -0.3 is 11.2 Å². The third kappa shape index (κ3) is 3.09. The number of hydrogen-bond donors (Lipinski definition) is 3. The predicted molar refractivity (Wildman–Crippen MR) is 63.2 cm³/mol. The molecule has 5 heteroatoms. The van der Waals surface area contributed by atoms with E-state index in [4.69, 9.17) is 18.0 Å². The minimum absolute atomic E-state index is 0.0915. The summed E-state index contributed by atoms with van der Waals surface area (Å²) in [4.78, 5) is 11.8. The Kier molecular flexibility index (Phi) is 4.36. The van der Waals surface area contributed by atoms with Crippen molar-refractivity contribution in [2.24, 2.45) is 5.73 Å². The largest absolute Gasteiger partial charge is 0.317 e. The number of benzene rings is 1. The lowest BCUT2D eigenvalue weighted by Gasteiger charge is -2.12. The fourth-order valence-corrected chi connectivity index (χ4v) is 1.36. The monoisotopic (exact) mass is 223 g/mol. The number of hydrogen-bond acceptors (Lipinski definition) is 4. The molecule has 4 nitrogen and oxygen atoms in total. The summed E-state index contributed by atoms with van der Waals surface area (Å²) in [5.41, 5.74) is 11.7. The average Bonchev–Trinajstić information content (AvgIpc) is 2.28. The molecule has 0 heterocycles. The van der Waals surface area contributed by atoms with E-state index in [-0.39, 0.29) is 10.8 Å². The third-order valence-electron chi connectivity index (χ3n) is 1.90. The van der Waals surface area contributed by atoms with E-state index in [0.29, 0.717) is 0 Å². The first-order valence-electron chi connectivity index (χ1n) is 4.48. The highest BCUT2D eigenvalue weighted by atomic mass is 32.1. The fraction of sp³-hybridized carbons (Fsp3) is 0.200. The van der Waals surface area contributed by atoms with E-state index in [9.17, 15) is 4.79 Å². The van der Waals surface area contributed by atoms with Crippen LogP contribution in [0.1, 0.15) is 11.6 Å². The van der Waals surface area contributed by atoms with Crippen LogP contribution in [0, 0.1) is 0 Å². The van der Waals surface area contributed by atoms with Gasteiger partial charge in [0.05, 0.1) is 6.04 Å². The summed E-state index contributed by atoms with van der Waals surface area (Å²) in [5.74, 6) is -0.300. The molecule has 1 atom stereocenters. The molecule has 0 aliphatic rings. The molecule has 1 aromatic rings. The molecule has 15 heavy (non-hydrogen) atoms. The zero-order valence-electron chi connectivity index (χ0n) is 8.36. The van der Waals surface area contributed by atoms with Crippen molar-refractivity contribution in [3.63, 3.8) is 0 Å². The topological polar surface area (TPSA) is 67.1 Å². The number of rotatable bonds is 4. The van der Waals surface area contributed by atoms with Crippen LogP contribution in [0.5, 0.6) is 0 Å². The van der Waals surface area contributed by atoms with Crippen molar-refractivity contribution in [1.29, 1.82) is 0 Å². The maximum Gasteiger partial charge on any atom is 0.212 e.